The molecule has 2 aromatic rings. The molecule has 0 bridgehead atoms. The number of aryl methyl sites for hydroxylation is 2. The van der Waals surface area contributed by atoms with Crippen molar-refractivity contribution in [3.63, 3.8) is 0 Å². The van der Waals surface area contributed by atoms with Crippen molar-refractivity contribution in [2.24, 2.45) is 0 Å². The number of benzene rings is 1. The summed E-state index contributed by atoms with van der Waals surface area (Å²) >= 11 is 3.47. The van der Waals surface area contributed by atoms with Crippen molar-refractivity contribution in [2.45, 2.75) is 13.8 Å². The lowest BCUT2D eigenvalue weighted by atomic mass is 10.1. The molecule has 0 aliphatic carbocycles. The van der Waals surface area contributed by atoms with Crippen molar-refractivity contribution in [1.82, 2.24) is 5.16 Å². The molecule has 0 spiro atoms. The summed E-state index contributed by atoms with van der Waals surface area (Å²) in [5.41, 5.74) is 2.96. The van der Waals surface area contributed by atoms with Gasteiger partial charge in [0, 0.05) is 9.86 Å². The molecule has 2 rings (SSSR count). The molecule has 0 radical (unpaired) electrons. The Balaban J connectivity index is 2.87. The zero-order valence-corrected chi connectivity index (χ0v) is 8.47. The molecule has 0 fully saturated rings. The highest BCUT2D eigenvalue weighted by Gasteiger charge is 2.05. The van der Waals surface area contributed by atoms with Gasteiger partial charge in [0.05, 0.1) is 5.69 Å². The second-order valence-electron chi connectivity index (χ2n) is 2.87. The molecular weight excluding hydrogens is 218 g/mol. The summed E-state index contributed by atoms with van der Waals surface area (Å²) in [5.74, 6) is 0. The summed E-state index contributed by atoms with van der Waals surface area (Å²) in [6, 6.07) is 4.02. The summed E-state index contributed by atoms with van der Waals surface area (Å²) < 4.78 is 6.21. The highest BCUT2D eigenvalue weighted by atomic mass is 79.9. The van der Waals surface area contributed by atoms with Crippen LogP contribution in [0.4, 0.5) is 0 Å². The smallest absolute Gasteiger partial charge is 0.167 e. The van der Waals surface area contributed by atoms with E-state index >= 15 is 0 Å². The minimum Gasteiger partial charge on any atom is -0.356 e. The van der Waals surface area contributed by atoms with Crippen LogP contribution >= 0.6 is 15.9 Å². The van der Waals surface area contributed by atoms with E-state index in [1.165, 1.54) is 5.56 Å². The minimum atomic E-state index is 0.855. The molecule has 0 N–H and O–H groups in total. The second kappa shape index (κ2) is 2.59. The summed E-state index contributed by atoms with van der Waals surface area (Å²) in [4.78, 5) is 0. The molecule has 0 saturated carbocycles. The number of aromatic nitrogens is 1. The number of halogens is 1. The van der Waals surface area contributed by atoms with Crippen LogP contribution < -0.4 is 0 Å². The highest BCUT2D eigenvalue weighted by molar-refractivity contribution is 9.10. The molecule has 1 aromatic heterocycles. The van der Waals surface area contributed by atoms with Gasteiger partial charge < -0.3 is 4.52 Å². The summed E-state index contributed by atoms with van der Waals surface area (Å²) in [5, 5.41) is 4.96. The van der Waals surface area contributed by atoms with Crippen LogP contribution in [0.2, 0.25) is 0 Å². The molecule has 2 nitrogen and oxygen atoms in total. The molecule has 0 atom stereocenters. The van der Waals surface area contributed by atoms with E-state index in [2.05, 4.69) is 21.1 Å². The molecule has 3 heteroatoms. The number of hydrogen-bond acceptors (Lipinski definition) is 2. The first-order valence-corrected chi connectivity index (χ1v) is 4.50. The Bertz CT molecular complexity index is 433. The average molecular weight is 226 g/mol. The third kappa shape index (κ3) is 1.05. The maximum absolute atomic E-state index is 5.11. The third-order valence-electron chi connectivity index (χ3n) is 1.93. The second-order valence-corrected chi connectivity index (χ2v) is 3.72. The Morgan fingerprint density at radius 1 is 1.33 bits per heavy atom. The van der Waals surface area contributed by atoms with E-state index in [1.54, 1.807) is 0 Å². The van der Waals surface area contributed by atoms with Crippen LogP contribution in [0.1, 0.15) is 11.3 Å². The van der Waals surface area contributed by atoms with Gasteiger partial charge >= 0.3 is 0 Å². The lowest BCUT2D eigenvalue weighted by molar-refractivity contribution is 0.450. The predicted octanol–water partition coefficient (Wildman–Crippen LogP) is 3.21. The maximum Gasteiger partial charge on any atom is 0.167 e. The minimum absolute atomic E-state index is 0.855. The molecule has 0 saturated heterocycles. The molecule has 0 aliphatic rings. The van der Waals surface area contributed by atoms with Gasteiger partial charge in [-0.25, -0.2) is 0 Å². The van der Waals surface area contributed by atoms with Gasteiger partial charge in [-0.1, -0.05) is 21.1 Å². The molecule has 12 heavy (non-hydrogen) atoms. The molecule has 0 amide bonds. The molecule has 62 valence electrons. The topological polar surface area (TPSA) is 26.0 Å². The average Bonchev–Trinajstić information content (AvgIpc) is 2.35. The zero-order valence-electron chi connectivity index (χ0n) is 6.89. The van der Waals surface area contributed by atoms with E-state index in [9.17, 15) is 0 Å². The van der Waals surface area contributed by atoms with Crippen LogP contribution in [0.15, 0.2) is 21.1 Å². The normalized spacial score (nSPS) is 10.9. The summed E-state index contributed by atoms with van der Waals surface area (Å²) in [6.07, 6.45) is 0. The van der Waals surface area contributed by atoms with Crippen molar-refractivity contribution in [3.05, 3.63) is 27.9 Å². The van der Waals surface area contributed by atoms with Crippen LogP contribution in [0.25, 0.3) is 11.0 Å². The fourth-order valence-electron chi connectivity index (χ4n) is 1.18. The van der Waals surface area contributed by atoms with E-state index in [0.29, 0.717) is 0 Å². The number of rotatable bonds is 0. The number of fused-ring (bicyclic) bond motifs is 1. The molecule has 1 heterocycles. The van der Waals surface area contributed by atoms with Crippen molar-refractivity contribution in [3.8, 4) is 0 Å². The van der Waals surface area contributed by atoms with Crippen molar-refractivity contribution < 1.29 is 4.52 Å². The Morgan fingerprint density at radius 2 is 2.08 bits per heavy atom. The van der Waals surface area contributed by atoms with E-state index in [0.717, 1.165) is 21.1 Å². The lowest BCUT2D eigenvalue weighted by Gasteiger charge is -1.95. The van der Waals surface area contributed by atoms with Gasteiger partial charge in [-0.3, -0.25) is 0 Å². The van der Waals surface area contributed by atoms with E-state index in [-0.39, 0.29) is 0 Å². The predicted molar refractivity (Wildman–Crippen MR) is 51.2 cm³/mol. The van der Waals surface area contributed by atoms with Gasteiger partial charge in [0.1, 0.15) is 0 Å². The first kappa shape index (κ1) is 7.80. The molecule has 0 aliphatic heterocycles. The van der Waals surface area contributed by atoms with Crippen LogP contribution in [0.3, 0.4) is 0 Å². The largest absolute Gasteiger partial charge is 0.356 e. The van der Waals surface area contributed by atoms with Crippen LogP contribution in [0, 0.1) is 13.8 Å². The van der Waals surface area contributed by atoms with Crippen molar-refractivity contribution in [2.75, 3.05) is 0 Å². The van der Waals surface area contributed by atoms with Crippen LogP contribution in [-0.2, 0) is 0 Å². The Hall–Kier alpha value is -0.830. The Labute approximate surface area is 78.7 Å². The maximum atomic E-state index is 5.11. The quantitative estimate of drug-likeness (QED) is 0.689. The monoisotopic (exact) mass is 225 g/mol. The van der Waals surface area contributed by atoms with E-state index < -0.39 is 0 Å². The van der Waals surface area contributed by atoms with Gasteiger partial charge in [0.2, 0.25) is 0 Å². The molecule has 1 aromatic carbocycles. The van der Waals surface area contributed by atoms with Gasteiger partial charge in [0.25, 0.3) is 0 Å². The van der Waals surface area contributed by atoms with E-state index in [4.69, 9.17) is 4.52 Å². The molecular formula is C9H8BrNO. The fraction of sp³-hybridized carbons (Fsp3) is 0.222. The fourth-order valence-corrected chi connectivity index (χ4v) is 1.52. The molecule has 0 unspecified atom stereocenters. The standard InChI is InChI=1S/C9H8BrNO/c1-5-3-9-7(4-8(5)10)6(2)11-12-9/h3-4H,1-2H3. The highest BCUT2D eigenvalue weighted by Crippen LogP contribution is 2.25. The SMILES string of the molecule is Cc1cc2onc(C)c2cc1Br. The van der Waals surface area contributed by atoms with E-state index in [1.807, 2.05) is 26.0 Å². The first-order chi connectivity index (χ1) is 5.68. The van der Waals surface area contributed by atoms with Crippen LogP contribution in [0.5, 0.6) is 0 Å². The van der Waals surface area contributed by atoms with Crippen molar-refractivity contribution in [1.29, 1.82) is 0 Å². The lowest BCUT2D eigenvalue weighted by Crippen LogP contribution is -1.75. The van der Waals surface area contributed by atoms with Gasteiger partial charge in [0.15, 0.2) is 5.58 Å². The first-order valence-electron chi connectivity index (χ1n) is 3.70. The van der Waals surface area contributed by atoms with Crippen molar-refractivity contribution >= 4 is 26.9 Å². The summed E-state index contributed by atoms with van der Waals surface area (Å²) in [7, 11) is 0. The zero-order chi connectivity index (χ0) is 8.72. The van der Waals surface area contributed by atoms with Crippen LogP contribution in [-0.4, -0.2) is 5.16 Å². The Morgan fingerprint density at radius 3 is 2.83 bits per heavy atom. The number of hydrogen-bond donors (Lipinski definition) is 0. The number of nitrogens with zero attached hydrogens (tertiary/aromatic N) is 1. The third-order valence-corrected chi connectivity index (χ3v) is 2.79. The Kier molecular flexibility index (Phi) is 1.68. The summed E-state index contributed by atoms with van der Waals surface area (Å²) in [6.45, 7) is 3.97. The van der Waals surface area contributed by atoms with Gasteiger partial charge in [-0.15, -0.1) is 0 Å². The van der Waals surface area contributed by atoms with Gasteiger partial charge in [-0.2, -0.15) is 0 Å². The van der Waals surface area contributed by atoms with Gasteiger partial charge in [-0.05, 0) is 31.5 Å².